The van der Waals surface area contributed by atoms with E-state index in [0.29, 0.717) is 12.5 Å². The summed E-state index contributed by atoms with van der Waals surface area (Å²) in [6.45, 7) is 9.41. The maximum atomic E-state index is 12.3. The lowest BCUT2D eigenvalue weighted by Crippen LogP contribution is -2.48. The first-order valence-electron chi connectivity index (χ1n) is 9.78. The molecule has 0 atom stereocenters. The van der Waals surface area contributed by atoms with Gasteiger partial charge in [-0.3, -0.25) is 9.79 Å². The normalized spacial score (nSPS) is 15.7. The van der Waals surface area contributed by atoms with Crippen molar-refractivity contribution in [2.24, 2.45) is 4.99 Å². The van der Waals surface area contributed by atoms with Crippen molar-refractivity contribution in [3.8, 4) is 0 Å². The number of amides is 1. The van der Waals surface area contributed by atoms with Gasteiger partial charge in [-0.1, -0.05) is 45.0 Å². The van der Waals surface area contributed by atoms with Crippen molar-refractivity contribution >= 4 is 11.9 Å². The lowest BCUT2D eigenvalue weighted by Gasteiger charge is -2.28. The van der Waals surface area contributed by atoms with Crippen LogP contribution in [0.15, 0.2) is 29.3 Å². The highest BCUT2D eigenvalue weighted by Crippen LogP contribution is 2.22. The molecular weight excluding hydrogens is 324 g/mol. The smallest absolute Gasteiger partial charge is 0.241 e. The summed E-state index contributed by atoms with van der Waals surface area (Å²) in [7, 11) is 1.74. The number of hydrogen-bond acceptors (Lipinski definition) is 2. The van der Waals surface area contributed by atoms with Crippen LogP contribution >= 0.6 is 0 Å². The molecule has 5 nitrogen and oxygen atoms in total. The maximum Gasteiger partial charge on any atom is 0.241 e. The second-order valence-corrected chi connectivity index (χ2v) is 7.66. The summed E-state index contributed by atoms with van der Waals surface area (Å²) < 4.78 is 0. The Morgan fingerprint density at radius 2 is 1.77 bits per heavy atom. The minimum Gasteiger partial charge on any atom is -0.356 e. The molecule has 1 aromatic rings. The van der Waals surface area contributed by atoms with Gasteiger partial charge in [-0.2, -0.15) is 0 Å². The number of likely N-dealkylation sites (tertiary alicyclic amines) is 1. The number of aryl methyl sites for hydroxylation is 1. The standard InChI is InChI=1S/C21H34N4O/c1-5-17-9-11-18(12-10-17)21(2,3)16-24-20(22-4)23-15-19(26)25-13-7-6-8-14-25/h9-12H,5-8,13-16H2,1-4H3,(H2,22,23,24). The highest BCUT2D eigenvalue weighted by molar-refractivity contribution is 5.86. The van der Waals surface area contributed by atoms with E-state index in [-0.39, 0.29) is 11.3 Å². The van der Waals surface area contributed by atoms with Crippen molar-refractivity contribution < 1.29 is 4.79 Å². The summed E-state index contributed by atoms with van der Waals surface area (Å²) in [4.78, 5) is 18.5. The van der Waals surface area contributed by atoms with Crippen LogP contribution in [-0.4, -0.2) is 50.0 Å². The van der Waals surface area contributed by atoms with Crippen LogP contribution < -0.4 is 10.6 Å². The van der Waals surface area contributed by atoms with Crippen LogP contribution in [0.5, 0.6) is 0 Å². The molecule has 0 saturated carbocycles. The Balaban J connectivity index is 1.83. The van der Waals surface area contributed by atoms with Crippen LogP contribution in [0.4, 0.5) is 0 Å². The summed E-state index contributed by atoms with van der Waals surface area (Å²) in [6, 6.07) is 8.80. The van der Waals surface area contributed by atoms with Gasteiger partial charge in [0.1, 0.15) is 0 Å². The van der Waals surface area contributed by atoms with Gasteiger partial charge in [0, 0.05) is 32.1 Å². The summed E-state index contributed by atoms with van der Waals surface area (Å²) >= 11 is 0. The van der Waals surface area contributed by atoms with Gasteiger partial charge in [-0.15, -0.1) is 0 Å². The lowest BCUT2D eigenvalue weighted by atomic mass is 9.84. The van der Waals surface area contributed by atoms with E-state index >= 15 is 0 Å². The molecule has 144 valence electrons. The molecule has 1 aromatic carbocycles. The van der Waals surface area contributed by atoms with Crippen molar-refractivity contribution in [1.82, 2.24) is 15.5 Å². The molecule has 0 unspecified atom stereocenters. The zero-order chi connectivity index (χ0) is 19.0. The van der Waals surface area contributed by atoms with E-state index in [4.69, 9.17) is 0 Å². The number of carbonyl (C=O) groups is 1. The Morgan fingerprint density at radius 1 is 1.12 bits per heavy atom. The summed E-state index contributed by atoms with van der Waals surface area (Å²) in [6.07, 6.45) is 4.52. The van der Waals surface area contributed by atoms with Crippen LogP contribution in [0.25, 0.3) is 0 Å². The third-order valence-corrected chi connectivity index (χ3v) is 5.18. The molecule has 0 aliphatic carbocycles. The Labute approximate surface area is 158 Å². The number of hydrogen-bond donors (Lipinski definition) is 2. The van der Waals surface area contributed by atoms with Gasteiger partial charge < -0.3 is 15.5 Å². The fourth-order valence-electron chi connectivity index (χ4n) is 3.23. The first-order chi connectivity index (χ1) is 12.5. The fraction of sp³-hybridized carbons (Fsp3) is 0.619. The minimum absolute atomic E-state index is 0.0270. The third-order valence-electron chi connectivity index (χ3n) is 5.18. The molecule has 1 amide bonds. The highest BCUT2D eigenvalue weighted by atomic mass is 16.2. The molecular formula is C21H34N4O. The Morgan fingerprint density at radius 3 is 2.35 bits per heavy atom. The molecule has 5 heteroatoms. The zero-order valence-corrected chi connectivity index (χ0v) is 16.8. The first-order valence-corrected chi connectivity index (χ1v) is 9.78. The van der Waals surface area contributed by atoms with Crippen molar-refractivity contribution in [3.63, 3.8) is 0 Å². The molecule has 1 saturated heterocycles. The first kappa shape index (κ1) is 20.3. The largest absolute Gasteiger partial charge is 0.356 e. The minimum atomic E-state index is -0.0270. The van der Waals surface area contributed by atoms with E-state index in [1.807, 2.05) is 4.90 Å². The maximum absolute atomic E-state index is 12.3. The highest BCUT2D eigenvalue weighted by Gasteiger charge is 2.21. The number of nitrogens with zero attached hydrogens (tertiary/aromatic N) is 2. The lowest BCUT2D eigenvalue weighted by molar-refractivity contribution is -0.130. The Kier molecular flexibility index (Phi) is 7.49. The van der Waals surface area contributed by atoms with Gasteiger partial charge in [0.05, 0.1) is 6.54 Å². The number of nitrogens with one attached hydrogen (secondary N) is 2. The molecule has 26 heavy (non-hydrogen) atoms. The molecule has 0 bridgehead atoms. The monoisotopic (exact) mass is 358 g/mol. The summed E-state index contributed by atoms with van der Waals surface area (Å²) in [5, 5.41) is 6.52. The van der Waals surface area contributed by atoms with E-state index < -0.39 is 0 Å². The van der Waals surface area contributed by atoms with Gasteiger partial charge in [-0.25, -0.2) is 0 Å². The van der Waals surface area contributed by atoms with E-state index in [0.717, 1.165) is 38.9 Å². The van der Waals surface area contributed by atoms with Crippen LogP contribution in [0.2, 0.25) is 0 Å². The van der Waals surface area contributed by atoms with Crippen LogP contribution in [0, 0.1) is 0 Å². The van der Waals surface area contributed by atoms with Crippen LogP contribution in [0.3, 0.4) is 0 Å². The fourth-order valence-corrected chi connectivity index (χ4v) is 3.23. The quantitative estimate of drug-likeness (QED) is 0.607. The number of carbonyl (C=O) groups excluding carboxylic acids is 1. The predicted molar refractivity (Wildman–Crippen MR) is 109 cm³/mol. The van der Waals surface area contributed by atoms with Crippen molar-refractivity contribution in [1.29, 1.82) is 0 Å². The Bertz CT molecular complexity index is 601. The second-order valence-electron chi connectivity index (χ2n) is 7.66. The van der Waals surface area contributed by atoms with Crippen molar-refractivity contribution in [2.45, 2.75) is 51.9 Å². The average Bonchev–Trinajstić information content (AvgIpc) is 2.68. The molecule has 1 heterocycles. The molecule has 1 aliphatic heterocycles. The third kappa shape index (κ3) is 5.75. The van der Waals surface area contributed by atoms with E-state index in [2.05, 4.69) is 60.7 Å². The van der Waals surface area contributed by atoms with Crippen LogP contribution in [-0.2, 0) is 16.6 Å². The van der Waals surface area contributed by atoms with Gasteiger partial charge in [0.25, 0.3) is 0 Å². The SMILES string of the molecule is CCc1ccc(C(C)(C)CNC(=NC)NCC(=O)N2CCCCC2)cc1. The summed E-state index contributed by atoms with van der Waals surface area (Å²) in [5.74, 6) is 0.829. The van der Waals surface area contributed by atoms with E-state index in [1.54, 1.807) is 7.05 Å². The van der Waals surface area contributed by atoms with Gasteiger partial charge in [0.15, 0.2) is 5.96 Å². The average molecular weight is 359 g/mol. The van der Waals surface area contributed by atoms with Gasteiger partial charge in [0.2, 0.25) is 5.91 Å². The predicted octanol–water partition coefficient (Wildman–Crippen LogP) is 2.70. The number of rotatable bonds is 6. The molecule has 2 rings (SSSR count). The molecule has 0 radical (unpaired) electrons. The van der Waals surface area contributed by atoms with Crippen molar-refractivity contribution in [2.75, 3.05) is 33.2 Å². The molecule has 1 aliphatic rings. The van der Waals surface area contributed by atoms with E-state index in [9.17, 15) is 4.79 Å². The van der Waals surface area contributed by atoms with Gasteiger partial charge >= 0.3 is 0 Å². The number of benzene rings is 1. The van der Waals surface area contributed by atoms with Crippen LogP contribution in [0.1, 0.15) is 51.2 Å². The molecule has 1 fully saturated rings. The number of piperidine rings is 1. The van der Waals surface area contributed by atoms with Gasteiger partial charge in [-0.05, 0) is 36.8 Å². The number of guanidine groups is 1. The molecule has 0 aromatic heterocycles. The summed E-state index contributed by atoms with van der Waals surface area (Å²) in [5.41, 5.74) is 2.62. The second kappa shape index (κ2) is 9.60. The van der Waals surface area contributed by atoms with Crippen molar-refractivity contribution in [3.05, 3.63) is 35.4 Å². The van der Waals surface area contributed by atoms with E-state index in [1.165, 1.54) is 17.5 Å². The molecule has 0 spiro atoms. The molecule has 2 N–H and O–H groups in total. The topological polar surface area (TPSA) is 56.7 Å². The zero-order valence-electron chi connectivity index (χ0n) is 16.8. The Hall–Kier alpha value is -2.04. The number of aliphatic imine (C=N–C) groups is 1.